The highest BCUT2D eigenvalue weighted by Gasteiger charge is 2.28. The number of nitrogens with zero attached hydrogens (tertiary/aromatic N) is 1. The van der Waals surface area contributed by atoms with E-state index in [-0.39, 0.29) is 0 Å². The van der Waals surface area contributed by atoms with E-state index in [9.17, 15) is 0 Å². The van der Waals surface area contributed by atoms with E-state index in [1.54, 1.807) is 0 Å². The maximum absolute atomic E-state index is 3.93. The van der Waals surface area contributed by atoms with Crippen LogP contribution in [0.15, 0.2) is 12.3 Å². The lowest BCUT2D eigenvalue weighted by Crippen LogP contribution is -2.20. The van der Waals surface area contributed by atoms with Crippen LogP contribution in [0.5, 0.6) is 0 Å². The lowest BCUT2D eigenvalue weighted by atomic mass is 9.73. The van der Waals surface area contributed by atoms with Gasteiger partial charge in [-0.05, 0) is 24.8 Å². The first-order chi connectivity index (χ1) is 4.88. The summed E-state index contributed by atoms with van der Waals surface area (Å²) >= 11 is 0. The predicted molar refractivity (Wildman–Crippen MR) is 39.7 cm³/mol. The van der Waals surface area contributed by atoms with Crippen LogP contribution in [-0.2, 0) is 0 Å². The number of aromatic nitrogens is 2. The van der Waals surface area contributed by atoms with Gasteiger partial charge in [-0.1, -0.05) is 6.92 Å². The molecule has 0 amide bonds. The van der Waals surface area contributed by atoms with Crippen molar-refractivity contribution in [3.63, 3.8) is 0 Å². The fraction of sp³-hybridized carbons (Fsp3) is 0.625. The molecule has 2 heteroatoms. The van der Waals surface area contributed by atoms with Crippen LogP contribution in [0.4, 0.5) is 0 Å². The van der Waals surface area contributed by atoms with Crippen LogP contribution < -0.4 is 0 Å². The number of rotatable bonds is 1. The third-order valence-electron chi connectivity index (χ3n) is 2.54. The van der Waals surface area contributed by atoms with Crippen LogP contribution >= 0.6 is 0 Å². The van der Waals surface area contributed by atoms with Gasteiger partial charge in [0.1, 0.15) is 0 Å². The minimum Gasteiger partial charge on any atom is -0.282 e. The molecule has 1 saturated carbocycles. The maximum atomic E-state index is 3.93. The zero-order valence-corrected chi connectivity index (χ0v) is 6.17. The van der Waals surface area contributed by atoms with E-state index >= 15 is 0 Å². The van der Waals surface area contributed by atoms with Crippen molar-refractivity contribution < 1.29 is 0 Å². The highest BCUT2D eigenvalue weighted by Crippen LogP contribution is 2.40. The normalized spacial score (nSPS) is 31.7. The highest BCUT2D eigenvalue weighted by molar-refractivity contribution is 5.10. The van der Waals surface area contributed by atoms with Gasteiger partial charge in [-0.15, -0.1) is 0 Å². The van der Waals surface area contributed by atoms with Crippen LogP contribution in [0.25, 0.3) is 0 Å². The Morgan fingerprint density at radius 1 is 1.60 bits per heavy atom. The van der Waals surface area contributed by atoms with Gasteiger partial charge in [0.15, 0.2) is 0 Å². The van der Waals surface area contributed by atoms with Crippen molar-refractivity contribution in [1.29, 1.82) is 0 Å². The summed E-state index contributed by atoms with van der Waals surface area (Å²) in [6.45, 7) is 2.30. The Bertz CT molecular complexity index is 203. The Morgan fingerprint density at radius 3 is 2.90 bits per heavy atom. The number of hydrogen-bond donors (Lipinski definition) is 1. The third kappa shape index (κ3) is 0.753. The molecule has 0 unspecified atom stereocenters. The summed E-state index contributed by atoms with van der Waals surface area (Å²) in [5.41, 5.74) is 1.32. The molecule has 0 bridgehead atoms. The molecule has 0 aromatic carbocycles. The predicted octanol–water partition coefficient (Wildman–Crippen LogP) is 1.92. The summed E-state index contributed by atoms with van der Waals surface area (Å²) in [5.74, 6) is 1.63. The smallest absolute Gasteiger partial charge is 0.0490 e. The van der Waals surface area contributed by atoms with Crippen molar-refractivity contribution in [2.45, 2.75) is 25.7 Å². The number of H-pyrrole nitrogens is 1. The fourth-order valence-corrected chi connectivity index (χ4v) is 1.60. The Labute approximate surface area is 60.6 Å². The average Bonchev–Trinajstić information content (AvgIpc) is 2.37. The van der Waals surface area contributed by atoms with E-state index in [1.807, 2.05) is 6.20 Å². The molecule has 2 nitrogen and oxygen atoms in total. The minimum atomic E-state index is 0.766. The second kappa shape index (κ2) is 2.11. The monoisotopic (exact) mass is 136 g/mol. The molecule has 1 aromatic heterocycles. The van der Waals surface area contributed by atoms with Crippen molar-refractivity contribution in [2.75, 3.05) is 0 Å². The van der Waals surface area contributed by atoms with Gasteiger partial charge >= 0.3 is 0 Å². The Kier molecular flexibility index (Phi) is 1.26. The van der Waals surface area contributed by atoms with E-state index < -0.39 is 0 Å². The van der Waals surface area contributed by atoms with Gasteiger partial charge in [-0.25, -0.2) is 0 Å². The van der Waals surface area contributed by atoms with Crippen molar-refractivity contribution >= 4 is 0 Å². The Hall–Kier alpha value is -0.790. The van der Waals surface area contributed by atoms with E-state index in [2.05, 4.69) is 23.2 Å². The third-order valence-corrected chi connectivity index (χ3v) is 2.54. The average molecular weight is 136 g/mol. The molecule has 0 radical (unpaired) electrons. The molecule has 54 valence electrons. The van der Waals surface area contributed by atoms with Crippen LogP contribution in [-0.4, -0.2) is 10.2 Å². The minimum absolute atomic E-state index is 0.766. The lowest BCUT2D eigenvalue weighted by molar-refractivity contribution is 0.274. The zero-order valence-electron chi connectivity index (χ0n) is 6.17. The summed E-state index contributed by atoms with van der Waals surface area (Å²) in [5, 5.41) is 6.95. The quantitative estimate of drug-likeness (QED) is 0.627. The molecule has 10 heavy (non-hydrogen) atoms. The summed E-state index contributed by atoms with van der Waals surface area (Å²) in [7, 11) is 0. The molecule has 0 aliphatic heterocycles. The first-order valence-corrected chi connectivity index (χ1v) is 3.87. The van der Waals surface area contributed by atoms with Crippen molar-refractivity contribution in [2.24, 2.45) is 5.92 Å². The second-order valence-electron chi connectivity index (χ2n) is 3.17. The summed E-state index contributed by atoms with van der Waals surface area (Å²) in [4.78, 5) is 0. The van der Waals surface area contributed by atoms with E-state index in [0.29, 0.717) is 0 Å². The Balaban J connectivity index is 2.14. The Morgan fingerprint density at radius 2 is 2.50 bits per heavy atom. The maximum Gasteiger partial charge on any atom is 0.0490 e. The van der Waals surface area contributed by atoms with Crippen molar-refractivity contribution in [1.82, 2.24) is 10.2 Å². The van der Waals surface area contributed by atoms with E-state index in [1.165, 1.54) is 18.5 Å². The lowest BCUT2D eigenvalue weighted by Gasteiger charge is -2.32. The summed E-state index contributed by atoms with van der Waals surface area (Å²) in [6.07, 6.45) is 4.55. The highest BCUT2D eigenvalue weighted by atomic mass is 15.1. The molecule has 1 heterocycles. The zero-order chi connectivity index (χ0) is 6.97. The number of nitrogens with one attached hydrogen (secondary N) is 1. The molecule has 1 fully saturated rings. The van der Waals surface area contributed by atoms with Gasteiger partial charge in [-0.3, -0.25) is 5.10 Å². The molecule has 0 spiro atoms. The largest absolute Gasteiger partial charge is 0.282 e. The van der Waals surface area contributed by atoms with Crippen LogP contribution in [0.1, 0.15) is 31.4 Å². The van der Waals surface area contributed by atoms with Crippen LogP contribution in [0.3, 0.4) is 0 Å². The number of hydrogen-bond acceptors (Lipinski definition) is 1. The van der Waals surface area contributed by atoms with Gasteiger partial charge in [0, 0.05) is 17.8 Å². The molecule has 2 atom stereocenters. The van der Waals surface area contributed by atoms with E-state index in [0.717, 1.165) is 11.8 Å². The standard InChI is InChI=1S/C8H12N2/c1-6-2-3-7(6)8-4-5-9-10-8/h4-7H,2-3H2,1H3,(H,9,10)/t6-,7+/m0/s1. The molecule has 1 N–H and O–H groups in total. The molecular weight excluding hydrogens is 124 g/mol. The van der Waals surface area contributed by atoms with E-state index in [4.69, 9.17) is 0 Å². The first kappa shape index (κ1) is 5.96. The molecule has 1 aliphatic rings. The number of aromatic amines is 1. The van der Waals surface area contributed by atoms with Gasteiger partial charge in [0.2, 0.25) is 0 Å². The van der Waals surface area contributed by atoms with Crippen molar-refractivity contribution in [3.8, 4) is 0 Å². The first-order valence-electron chi connectivity index (χ1n) is 3.87. The molecule has 1 aliphatic carbocycles. The van der Waals surface area contributed by atoms with Gasteiger partial charge in [0.25, 0.3) is 0 Å². The summed E-state index contributed by atoms with van der Waals surface area (Å²) < 4.78 is 0. The van der Waals surface area contributed by atoms with Crippen LogP contribution in [0.2, 0.25) is 0 Å². The van der Waals surface area contributed by atoms with Crippen molar-refractivity contribution in [3.05, 3.63) is 18.0 Å². The van der Waals surface area contributed by atoms with Gasteiger partial charge < -0.3 is 0 Å². The molecule has 1 aromatic rings. The topological polar surface area (TPSA) is 28.7 Å². The van der Waals surface area contributed by atoms with Crippen LogP contribution in [0, 0.1) is 5.92 Å². The second-order valence-corrected chi connectivity index (χ2v) is 3.17. The molecular formula is C8H12N2. The molecule has 0 saturated heterocycles. The van der Waals surface area contributed by atoms with Gasteiger partial charge in [-0.2, -0.15) is 5.10 Å². The van der Waals surface area contributed by atoms with Gasteiger partial charge in [0.05, 0.1) is 0 Å². The fourth-order valence-electron chi connectivity index (χ4n) is 1.60. The SMILES string of the molecule is C[C@H]1CC[C@H]1c1ccn[nH]1. The summed E-state index contributed by atoms with van der Waals surface area (Å²) in [6, 6.07) is 2.08. The molecule has 2 rings (SSSR count).